The van der Waals surface area contributed by atoms with Crippen LogP contribution in [0.15, 0.2) is 29.4 Å². The van der Waals surface area contributed by atoms with Crippen molar-refractivity contribution in [2.75, 3.05) is 16.5 Å². The van der Waals surface area contributed by atoms with Crippen molar-refractivity contribution in [3.8, 4) is 0 Å². The number of amides is 2. The summed E-state index contributed by atoms with van der Waals surface area (Å²) in [5, 5.41) is 13.8. The number of aromatic nitrogens is 3. The lowest BCUT2D eigenvalue weighted by atomic mass is 9.96. The topological polar surface area (TPSA) is 115 Å². The predicted molar refractivity (Wildman–Crippen MR) is 104 cm³/mol. The average Bonchev–Trinajstić information content (AvgIpc) is 2.89. The second kappa shape index (κ2) is 7.77. The number of thioether (sulfide) groups is 1. The molecule has 0 saturated carbocycles. The van der Waals surface area contributed by atoms with E-state index >= 15 is 0 Å². The van der Waals surface area contributed by atoms with Gasteiger partial charge >= 0.3 is 0 Å². The summed E-state index contributed by atoms with van der Waals surface area (Å²) < 4.78 is 1.43. The zero-order valence-electron chi connectivity index (χ0n) is 15.5. The van der Waals surface area contributed by atoms with E-state index in [0.29, 0.717) is 22.4 Å². The van der Waals surface area contributed by atoms with Crippen molar-refractivity contribution in [1.82, 2.24) is 14.9 Å². The summed E-state index contributed by atoms with van der Waals surface area (Å²) in [6, 6.07) is 6.90. The maximum atomic E-state index is 12.4. The zero-order valence-corrected chi connectivity index (χ0v) is 16.3. The van der Waals surface area contributed by atoms with Crippen LogP contribution in [-0.2, 0) is 15.0 Å². The summed E-state index contributed by atoms with van der Waals surface area (Å²) >= 11 is 1.24. The first-order valence-corrected chi connectivity index (χ1v) is 9.02. The van der Waals surface area contributed by atoms with Crippen LogP contribution in [0, 0.1) is 0 Å². The molecule has 0 fully saturated rings. The molecule has 9 heteroatoms. The molecule has 0 saturated heterocycles. The largest absolute Gasteiger partial charge is 0.336 e. The van der Waals surface area contributed by atoms with E-state index in [9.17, 15) is 9.59 Å². The first-order valence-electron chi connectivity index (χ1n) is 8.14. The lowest BCUT2D eigenvalue weighted by molar-refractivity contribution is -0.115. The van der Waals surface area contributed by atoms with Gasteiger partial charge in [0.05, 0.1) is 5.25 Å². The molecule has 26 heavy (non-hydrogen) atoms. The van der Waals surface area contributed by atoms with Gasteiger partial charge < -0.3 is 16.5 Å². The van der Waals surface area contributed by atoms with Crippen LogP contribution in [0.25, 0.3) is 0 Å². The number of benzene rings is 1. The molecule has 0 spiro atoms. The Hall–Kier alpha value is -2.55. The maximum absolute atomic E-state index is 12.4. The van der Waals surface area contributed by atoms with E-state index in [1.807, 2.05) is 20.8 Å². The highest BCUT2D eigenvalue weighted by Gasteiger charge is 2.25. The number of carbonyl (C=O) groups excluding carboxylic acids is 2. The molecule has 140 valence electrons. The van der Waals surface area contributed by atoms with E-state index in [2.05, 4.69) is 20.8 Å². The second-order valence-electron chi connectivity index (χ2n) is 6.93. The minimum Gasteiger partial charge on any atom is -0.336 e. The molecule has 2 rings (SSSR count). The van der Waals surface area contributed by atoms with Gasteiger partial charge in [0.2, 0.25) is 17.0 Å². The van der Waals surface area contributed by atoms with Crippen molar-refractivity contribution in [3.05, 3.63) is 30.1 Å². The van der Waals surface area contributed by atoms with Gasteiger partial charge in [-0.3, -0.25) is 9.59 Å². The molecule has 4 N–H and O–H groups in total. The Morgan fingerprint density at radius 3 is 2.12 bits per heavy atom. The smallest absolute Gasteiger partial charge is 0.237 e. The Kier molecular flexibility index (Phi) is 5.91. The van der Waals surface area contributed by atoms with Gasteiger partial charge in [-0.25, -0.2) is 4.68 Å². The van der Waals surface area contributed by atoms with Gasteiger partial charge in [0.25, 0.3) is 0 Å². The number of nitrogens with two attached hydrogens (primary N) is 1. The summed E-state index contributed by atoms with van der Waals surface area (Å²) in [4.78, 5) is 23.4. The standard InChI is InChI=1S/C17H24N6O2S/c1-10(26-16-22-21-15(23(16)18)17(3,4)5)14(25)20-13-8-6-12(7-9-13)19-11(2)24/h6-10H,18H2,1-5H3,(H,19,24)(H,20,25)/t10-/m0/s1. The molecule has 2 aromatic rings. The molecule has 1 aromatic carbocycles. The number of nitrogens with one attached hydrogen (secondary N) is 2. The quantitative estimate of drug-likeness (QED) is 0.545. The number of hydrogen-bond acceptors (Lipinski definition) is 6. The molecule has 0 unspecified atom stereocenters. The Morgan fingerprint density at radius 2 is 1.65 bits per heavy atom. The van der Waals surface area contributed by atoms with Gasteiger partial charge in [0.15, 0.2) is 5.82 Å². The van der Waals surface area contributed by atoms with Crippen molar-refractivity contribution in [3.63, 3.8) is 0 Å². The highest BCUT2D eigenvalue weighted by atomic mass is 32.2. The van der Waals surface area contributed by atoms with E-state index in [1.54, 1.807) is 31.2 Å². The Bertz CT molecular complexity index is 795. The van der Waals surface area contributed by atoms with E-state index in [0.717, 1.165) is 0 Å². The van der Waals surface area contributed by atoms with Crippen LogP contribution in [0.2, 0.25) is 0 Å². The number of rotatable bonds is 5. The molecule has 2 amide bonds. The number of nitrogens with zero attached hydrogens (tertiary/aromatic N) is 3. The van der Waals surface area contributed by atoms with Crippen LogP contribution in [0.1, 0.15) is 40.4 Å². The normalized spacial score (nSPS) is 12.5. The number of carbonyl (C=O) groups is 2. The molecule has 0 aliphatic rings. The van der Waals surface area contributed by atoms with Crippen molar-refractivity contribution < 1.29 is 9.59 Å². The molecular formula is C17H24N6O2S. The monoisotopic (exact) mass is 376 g/mol. The van der Waals surface area contributed by atoms with Crippen molar-refractivity contribution >= 4 is 35.0 Å². The van der Waals surface area contributed by atoms with E-state index in [4.69, 9.17) is 5.84 Å². The minimum absolute atomic E-state index is 0.146. The first kappa shape index (κ1) is 19.8. The summed E-state index contributed by atoms with van der Waals surface area (Å²) in [7, 11) is 0. The maximum Gasteiger partial charge on any atom is 0.237 e. The highest BCUT2D eigenvalue weighted by molar-refractivity contribution is 8.00. The molecule has 0 aliphatic heterocycles. The first-order chi connectivity index (χ1) is 12.1. The third kappa shape index (κ3) is 4.98. The Morgan fingerprint density at radius 1 is 1.12 bits per heavy atom. The van der Waals surface area contributed by atoms with Gasteiger partial charge in [0.1, 0.15) is 0 Å². The van der Waals surface area contributed by atoms with E-state index < -0.39 is 5.25 Å². The predicted octanol–water partition coefficient (Wildman–Crippen LogP) is 2.37. The summed E-state index contributed by atoms with van der Waals surface area (Å²) in [5.41, 5.74) is 1.08. The summed E-state index contributed by atoms with van der Waals surface area (Å²) in [5.74, 6) is 6.38. The van der Waals surface area contributed by atoms with Gasteiger partial charge in [-0.1, -0.05) is 32.5 Å². The SMILES string of the molecule is CC(=O)Nc1ccc(NC(=O)[C@H](C)Sc2nnc(C(C)(C)C)n2N)cc1. The van der Waals surface area contributed by atoms with E-state index in [-0.39, 0.29) is 17.2 Å². The van der Waals surface area contributed by atoms with Crippen molar-refractivity contribution in [1.29, 1.82) is 0 Å². The van der Waals surface area contributed by atoms with Crippen LogP contribution < -0.4 is 16.5 Å². The Balaban J connectivity index is 2.00. The molecule has 1 atom stereocenters. The summed E-state index contributed by atoms with van der Waals surface area (Å²) in [6.45, 7) is 9.20. The lowest BCUT2D eigenvalue weighted by Gasteiger charge is -2.17. The third-order valence-electron chi connectivity index (χ3n) is 3.46. The molecule has 0 radical (unpaired) electrons. The fraction of sp³-hybridized carbons (Fsp3) is 0.412. The number of anilines is 2. The van der Waals surface area contributed by atoms with Crippen LogP contribution in [-0.4, -0.2) is 31.9 Å². The molecule has 0 bridgehead atoms. The molecule has 1 aromatic heterocycles. The third-order valence-corrected chi connectivity index (χ3v) is 4.52. The minimum atomic E-state index is -0.413. The molecule has 1 heterocycles. The van der Waals surface area contributed by atoms with Crippen molar-refractivity contribution in [2.45, 2.75) is 50.4 Å². The van der Waals surface area contributed by atoms with Gasteiger partial charge in [-0.15, -0.1) is 10.2 Å². The van der Waals surface area contributed by atoms with Gasteiger partial charge in [0, 0.05) is 23.7 Å². The van der Waals surface area contributed by atoms with Gasteiger partial charge in [-0.2, -0.15) is 0 Å². The van der Waals surface area contributed by atoms with E-state index in [1.165, 1.54) is 23.4 Å². The summed E-state index contributed by atoms with van der Waals surface area (Å²) in [6.07, 6.45) is 0. The molecular weight excluding hydrogens is 352 g/mol. The molecule has 8 nitrogen and oxygen atoms in total. The van der Waals surface area contributed by atoms with Crippen LogP contribution in [0.3, 0.4) is 0 Å². The van der Waals surface area contributed by atoms with Crippen LogP contribution in [0.4, 0.5) is 11.4 Å². The second-order valence-corrected chi connectivity index (χ2v) is 8.24. The number of nitrogen functional groups attached to an aromatic ring is 1. The number of hydrogen-bond donors (Lipinski definition) is 3. The Labute approximate surface area is 156 Å². The fourth-order valence-electron chi connectivity index (χ4n) is 2.16. The van der Waals surface area contributed by atoms with Crippen LogP contribution >= 0.6 is 11.8 Å². The fourth-order valence-corrected chi connectivity index (χ4v) is 2.93. The van der Waals surface area contributed by atoms with Crippen LogP contribution in [0.5, 0.6) is 0 Å². The average molecular weight is 376 g/mol. The zero-order chi connectivity index (χ0) is 19.5. The lowest BCUT2D eigenvalue weighted by Crippen LogP contribution is -2.26. The van der Waals surface area contributed by atoms with Gasteiger partial charge in [-0.05, 0) is 31.2 Å². The van der Waals surface area contributed by atoms with Crippen molar-refractivity contribution in [2.24, 2.45) is 0 Å². The highest BCUT2D eigenvalue weighted by Crippen LogP contribution is 2.26. The molecule has 0 aliphatic carbocycles.